The lowest BCUT2D eigenvalue weighted by atomic mass is 10.1. The van der Waals surface area contributed by atoms with Gasteiger partial charge in [0.25, 0.3) is 0 Å². The third kappa shape index (κ3) is 3.18. The fourth-order valence-corrected chi connectivity index (χ4v) is 2.41. The lowest BCUT2D eigenvalue weighted by molar-refractivity contribution is -0.409. The Bertz CT molecular complexity index is 649. The topological polar surface area (TPSA) is 69.3 Å². The van der Waals surface area contributed by atoms with E-state index in [-0.39, 0.29) is 11.7 Å². The van der Waals surface area contributed by atoms with Crippen LogP contribution in [0, 0.1) is 10.1 Å². The lowest BCUT2D eigenvalue weighted by Gasteiger charge is -2.11. The molecule has 0 amide bonds. The number of rotatable bonds is 4. The highest BCUT2D eigenvalue weighted by molar-refractivity contribution is 6.35. The van der Waals surface area contributed by atoms with Crippen LogP contribution in [0.1, 0.15) is 18.5 Å². The van der Waals surface area contributed by atoms with Crippen molar-refractivity contribution in [2.24, 2.45) is 0 Å². The number of H-pyrrole nitrogens is 1. The van der Waals surface area contributed by atoms with E-state index < -0.39 is 4.92 Å². The second-order valence-electron chi connectivity index (χ2n) is 4.22. The molecule has 7 heteroatoms. The molecule has 0 bridgehead atoms. The summed E-state index contributed by atoms with van der Waals surface area (Å²) >= 11 is 12.0. The zero-order valence-electron chi connectivity index (χ0n) is 10.6. The molecule has 5 nitrogen and oxygen atoms in total. The minimum absolute atomic E-state index is 0.0237. The molecule has 0 radical (unpaired) electrons. The van der Waals surface area contributed by atoms with Gasteiger partial charge >= 0.3 is 11.5 Å². The summed E-state index contributed by atoms with van der Waals surface area (Å²) in [5.74, 6) is 0.330. The van der Waals surface area contributed by atoms with Crippen LogP contribution < -0.4 is 10.3 Å². The quantitative estimate of drug-likeness (QED) is 0.687. The maximum absolute atomic E-state index is 11.0. The number of hydrogen-bond acceptors (Lipinski definition) is 3. The standard InChI is InChI=1S/C13H11Cl2N3O2/c1-8(10-5-4-9(14)7-11(10)15)17-13-12(18(19)20)3-2-6-16-13/h2-8H,1H3,(H,16,17)/p+1/t8-/m1/s1. The van der Waals surface area contributed by atoms with Gasteiger partial charge in [0.15, 0.2) is 0 Å². The number of aromatic amines is 1. The fourth-order valence-electron chi connectivity index (χ4n) is 1.84. The molecule has 2 N–H and O–H groups in total. The number of hydrogen-bond donors (Lipinski definition) is 1. The molecule has 0 spiro atoms. The van der Waals surface area contributed by atoms with Crippen molar-refractivity contribution >= 4 is 34.7 Å². The molecule has 2 rings (SSSR count). The molecule has 0 unspecified atom stereocenters. The number of halogens is 2. The van der Waals surface area contributed by atoms with Gasteiger partial charge in [-0.25, -0.2) is 4.98 Å². The summed E-state index contributed by atoms with van der Waals surface area (Å²) in [6.45, 7) is 1.86. The second kappa shape index (κ2) is 6.07. The van der Waals surface area contributed by atoms with Crippen molar-refractivity contribution in [3.05, 3.63) is 62.3 Å². The average Bonchev–Trinajstić information content (AvgIpc) is 2.38. The Labute approximate surface area is 125 Å². The molecule has 0 aliphatic heterocycles. The van der Waals surface area contributed by atoms with Crippen LogP contribution in [0.5, 0.6) is 0 Å². The number of pyridine rings is 1. The van der Waals surface area contributed by atoms with Crippen LogP contribution in [0.25, 0.3) is 0 Å². The van der Waals surface area contributed by atoms with E-state index in [0.717, 1.165) is 5.56 Å². The Morgan fingerprint density at radius 1 is 1.35 bits per heavy atom. The number of benzene rings is 1. The van der Waals surface area contributed by atoms with Crippen molar-refractivity contribution in [1.82, 2.24) is 0 Å². The number of aromatic nitrogens is 1. The summed E-state index contributed by atoms with van der Waals surface area (Å²) in [7, 11) is 0. The van der Waals surface area contributed by atoms with Gasteiger partial charge in [-0.2, -0.15) is 0 Å². The first-order chi connectivity index (χ1) is 9.49. The maximum atomic E-state index is 11.0. The molecule has 104 valence electrons. The Morgan fingerprint density at radius 2 is 2.10 bits per heavy atom. The monoisotopic (exact) mass is 312 g/mol. The van der Waals surface area contributed by atoms with E-state index >= 15 is 0 Å². The lowest BCUT2D eigenvalue weighted by Crippen LogP contribution is -2.17. The van der Waals surface area contributed by atoms with Gasteiger partial charge in [-0.1, -0.05) is 29.3 Å². The van der Waals surface area contributed by atoms with Crippen LogP contribution >= 0.6 is 23.2 Å². The molecule has 1 aromatic heterocycles. The van der Waals surface area contributed by atoms with E-state index in [4.69, 9.17) is 23.2 Å². The molecular weight excluding hydrogens is 301 g/mol. The number of nitrogens with zero attached hydrogens (tertiary/aromatic N) is 1. The third-order valence-electron chi connectivity index (χ3n) is 2.82. The maximum Gasteiger partial charge on any atom is 0.357 e. The predicted molar refractivity (Wildman–Crippen MR) is 78.2 cm³/mol. The zero-order chi connectivity index (χ0) is 14.7. The first-order valence-electron chi connectivity index (χ1n) is 5.85. The fraction of sp³-hybridized carbons (Fsp3) is 0.154. The molecule has 0 saturated heterocycles. The number of anilines is 1. The van der Waals surface area contributed by atoms with E-state index in [9.17, 15) is 10.1 Å². The molecule has 20 heavy (non-hydrogen) atoms. The van der Waals surface area contributed by atoms with Gasteiger partial charge in [0.2, 0.25) is 0 Å². The van der Waals surface area contributed by atoms with Gasteiger partial charge in [0.05, 0.1) is 11.1 Å². The van der Waals surface area contributed by atoms with Crippen molar-refractivity contribution in [2.45, 2.75) is 13.0 Å². The summed E-state index contributed by atoms with van der Waals surface area (Å²) in [5, 5.41) is 15.1. The van der Waals surface area contributed by atoms with E-state index in [1.54, 1.807) is 30.5 Å². The Hall–Kier alpha value is -1.85. The zero-order valence-corrected chi connectivity index (χ0v) is 12.1. The number of nitrogens with one attached hydrogen (secondary N) is 2. The van der Waals surface area contributed by atoms with Crippen LogP contribution in [0.15, 0.2) is 36.5 Å². The Kier molecular flexibility index (Phi) is 4.42. The van der Waals surface area contributed by atoms with Crippen LogP contribution in [-0.2, 0) is 0 Å². The van der Waals surface area contributed by atoms with Crippen LogP contribution in [0.3, 0.4) is 0 Å². The minimum atomic E-state index is -0.449. The van der Waals surface area contributed by atoms with Crippen LogP contribution in [0.2, 0.25) is 10.0 Å². The van der Waals surface area contributed by atoms with Gasteiger partial charge in [0, 0.05) is 21.7 Å². The van der Waals surface area contributed by atoms with E-state index in [1.807, 2.05) is 6.92 Å². The highest BCUT2D eigenvalue weighted by atomic mass is 35.5. The normalized spacial score (nSPS) is 11.9. The third-order valence-corrected chi connectivity index (χ3v) is 3.38. The molecule has 1 atom stereocenters. The van der Waals surface area contributed by atoms with Crippen LogP contribution in [0.4, 0.5) is 11.5 Å². The van der Waals surface area contributed by atoms with Gasteiger partial charge in [-0.3, -0.25) is 15.4 Å². The SMILES string of the molecule is C[C@@H](Nc1[nH+]cccc1[N+](=O)[O-])c1ccc(Cl)cc1Cl. The van der Waals surface area contributed by atoms with Crippen molar-refractivity contribution in [3.8, 4) is 0 Å². The van der Waals surface area contributed by atoms with Crippen molar-refractivity contribution in [2.75, 3.05) is 5.32 Å². The first kappa shape index (κ1) is 14.6. The summed E-state index contributed by atoms with van der Waals surface area (Å²) in [6, 6.07) is 7.94. The van der Waals surface area contributed by atoms with Gasteiger partial charge in [-0.15, -0.1) is 0 Å². The second-order valence-corrected chi connectivity index (χ2v) is 5.06. The molecule has 2 aromatic rings. The van der Waals surface area contributed by atoms with Crippen LogP contribution in [-0.4, -0.2) is 4.92 Å². The first-order valence-corrected chi connectivity index (χ1v) is 6.61. The molecule has 1 aromatic carbocycles. The smallest absolute Gasteiger partial charge is 0.262 e. The highest BCUT2D eigenvalue weighted by Gasteiger charge is 2.23. The number of nitro groups is 1. The van der Waals surface area contributed by atoms with E-state index in [1.165, 1.54) is 6.07 Å². The summed E-state index contributed by atoms with van der Waals surface area (Å²) in [5.41, 5.74) is 0.784. The highest BCUT2D eigenvalue weighted by Crippen LogP contribution is 2.29. The molecule has 0 saturated carbocycles. The molecule has 0 fully saturated rings. The van der Waals surface area contributed by atoms with E-state index in [2.05, 4.69) is 10.3 Å². The summed E-state index contributed by atoms with van der Waals surface area (Å²) in [6.07, 6.45) is 1.62. The van der Waals surface area contributed by atoms with Crippen molar-refractivity contribution in [3.63, 3.8) is 0 Å². The molecule has 0 aliphatic rings. The van der Waals surface area contributed by atoms with Crippen molar-refractivity contribution < 1.29 is 9.91 Å². The van der Waals surface area contributed by atoms with Crippen molar-refractivity contribution in [1.29, 1.82) is 0 Å². The average molecular weight is 313 g/mol. The minimum Gasteiger partial charge on any atom is -0.262 e. The predicted octanol–water partition coefficient (Wildman–Crippen LogP) is 3.89. The Morgan fingerprint density at radius 3 is 2.75 bits per heavy atom. The van der Waals surface area contributed by atoms with E-state index in [0.29, 0.717) is 15.9 Å². The van der Waals surface area contributed by atoms with Gasteiger partial charge in [0.1, 0.15) is 6.04 Å². The van der Waals surface area contributed by atoms with Gasteiger partial charge < -0.3 is 0 Å². The molecule has 1 heterocycles. The van der Waals surface area contributed by atoms with Gasteiger partial charge in [-0.05, 0) is 25.1 Å². The Balaban J connectivity index is 2.28. The summed E-state index contributed by atoms with van der Waals surface area (Å²) in [4.78, 5) is 13.3. The molecule has 0 aliphatic carbocycles. The largest absolute Gasteiger partial charge is 0.357 e. The summed E-state index contributed by atoms with van der Waals surface area (Å²) < 4.78 is 0. The molecular formula is C13H12Cl2N3O2+.